The molecule has 5 nitrogen and oxygen atoms in total. The predicted octanol–water partition coefficient (Wildman–Crippen LogP) is 3.68. The zero-order valence-corrected chi connectivity index (χ0v) is 15.4. The van der Waals surface area contributed by atoms with Gasteiger partial charge in [0.1, 0.15) is 5.75 Å². The second-order valence-corrected chi connectivity index (χ2v) is 7.05. The Bertz CT molecular complexity index is 606. The van der Waals surface area contributed by atoms with Crippen molar-refractivity contribution in [1.29, 1.82) is 0 Å². The molecule has 1 atom stereocenters. The Morgan fingerprint density at radius 1 is 1.24 bits per heavy atom. The third kappa shape index (κ3) is 5.48. The molecule has 0 aliphatic heterocycles. The van der Waals surface area contributed by atoms with Crippen molar-refractivity contribution in [3.05, 3.63) is 29.3 Å². The van der Waals surface area contributed by atoms with E-state index in [1.807, 2.05) is 32.0 Å². The topological polar surface area (TPSA) is 75.6 Å². The fourth-order valence-corrected chi connectivity index (χ4v) is 3.15. The van der Waals surface area contributed by atoms with Gasteiger partial charge >= 0.3 is 5.97 Å². The van der Waals surface area contributed by atoms with Crippen LogP contribution in [0.5, 0.6) is 5.75 Å². The molecule has 5 heteroatoms. The Morgan fingerprint density at radius 3 is 2.48 bits per heavy atom. The van der Waals surface area contributed by atoms with E-state index in [0.717, 1.165) is 23.3 Å². The molecule has 1 amide bonds. The number of carboxylic acids is 1. The molecule has 0 aromatic heterocycles. The molecule has 1 unspecified atom stereocenters. The van der Waals surface area contributed by atoms with Gasteiger partial charge in [0.25, 0.3) is 0 Å². The summed E-state index contributed by atoms with van der Waals surface area (Å²) in [6.45, 7) is 6.57. The minimum Gasteiger partial charge on any atom is -0.490 e. The van der Waals surface area contributed by atoms with Crippen LogP contribution in [-0.4, -0.2) is 23.1 Å². The summed E-state index contributed by atoms with van der Waals surface area (Å²) in [6, 6.07) is 6.02. The number of hydrogen-bond donors (Lipinski definition) is 2. The molecule has 2 N–H and O–H groups in total. The summed E-state index contributed by atoms with van der Waals surface area (Å²) in [4.78, 5) is 23.4. The van der Waals surface area contributed by atoms with Crippen molar-refractivity contribution in [3.8, 4) is 5.75 Å². The normalized spacial score (nSPS) is 21.4. The van der Waals surface area contributed by atoms with Crippen molar-refractivity contribution in [2.75, 3.05) is 0 Å². The first-order valence-electron chi connectivity index (χ1n) is 9.17. The molecule has 25 heavy (non-hydrogen) atoms. The summed E-state index contributed by atoms with van der Waals surface area (Å²) in [7, 11) is 0. The monoisotopic (exact) mass is 347 g/mol. The van der Waals surface area contributed by atoms with E-state index in [1.54, 1.807) is 0 Å². The van der Waals surface area contributed by atoms with Crippen LogP contribution >= 0.6 is 0 Å². The smallest absolute Gasteiger partial charge is 0.306 e. The number of rotatable bonds is 7. The van der Waals surface area contributed by atoms with Crippen LogP contribution in [0.4, 0.5) is 0 Å². The lowest BCUT2D eigenvalue weighted by Gasteiger charge is -2.25. The van der Waals surface area contributed by atoms with Crippen molar-refractivity contribution >= 4 is 11.9 Å². The van der Waals surface area contributed by atoms with Gasteiger partial charge in [-0.25, -0.2) is 0 Å². The van der Waals surface area contributed by atoms with Gasteiger partial charge in [-0.3, -0.25) is 9.59 Å². The van der Waals surface area contributed by atoms with E-state index >= 15 is 0 Å². The Labute approximate surface area is 149 Å². The number of carbonyl (C=O) groups excluding carboxylic acids is 1. The van der Waals surface area contributed by atoms with E-state index in [9.17, 15) is 9.59 Å². The average molecular weight is 347 g/mol. The fourth-order valence-electron chi connectivity index (χ4n) is 3.15. The molecule has 1 saturated carbocycles. The molecule has 2 rings (SSSR count). The summed E-state index contributed by atoms with van der Waals surface area (Å²) < 4.78 is 5.98. The predicted molar refractivity (Wildman–Crippen MR) is 96.5 cm³/mol. The molecular weight excluding hydrogens is 318 g/mol. The molecule has 0 bridgehead atoms. The van der Waals surface area contributed by atoms with E-state index in [0.29, 0.717) is 32.2 Å². The number of carboxylic acid groups (broad SMARTS) is 1. The first-order chi connectivity index (χ1) is 11.9. The van der Waals surface area contributed by atoms with Crippen LogP contribution in [0.2, 0.25) is 0 Å². The number of carbonyl (C=O) groups is 2. The van der Waals surface area contributed by atoms with Gasteiger partial charge in [-0.15, -0.1) is 0 Å². The maximum Gasteiger partial charge on any atom is 0.306 e. The number of nitrogens with one attached hydrogen (secondary N) is 1. The number of aryl methyl sites for hydroxylation is 1. The van der Waals surface area contributed by atoms with Crippen LogP contribution < -0.4 is 10.1 Å². The highest BCUT2D eigenvalue weighted by atomic mass is 16.5. The Morgan fingerprint density at radius 2 is 1.88 bits per heavy atom. The molecule has 138 valence electrons. The van der Waals surface area contributed by atoms with E-state index in [4.69, 9.17) is 9.84 Å². The van der Waals surface area contributed by atoms with Crippen molar-refractivity contribution in [2.45, 2.75) is 65.5 Å². The number of benzene rings is 1. The lowest BCUT2D eigenvalue weighted by atomic mass is 9.81. The van der Waals surface area contributed by atoms with Crippen LogP contribution in [-0.2, 0) is 16.1 Å². The summed E-state index contributed by atoms with van der Waals surface area (Å²) in [6.07, 6.45) is 3.51. The lowest BCUT2D eigenvalue weighted by molar-refractivity contribution is -0.144. The minimum atomic E-state index is -0.745. The maximum absolute atomic E-state index is 12.4. The molecule has 1 fully saturated rings. The van der Waals surface area contributed by atoms with Crippen LogP contribution in [0.1, 0.15) is 57.1 Å². The van der Waals surface area contributed by atoms with Gasteiger partial charge in [-0.05, 0) is 57.6 Å². The standard InChI is InChI=1S/C20H29NO4/c1-4-14(3)25-18-11-13(2)5-6-17(18)12-21-19(22)15-7-9-16(10-8-15)20(23)24/h5-6,11,14-16H,4,7-10,12H2,1-3H3,(H,21,22)(H,23,24). The second-order valence-electron chi connectivity index (χ2n) is 7.05. The fraction of sp³-hybridized carbons (Fsp3) is 0.600. The molecule has 1 aromatic carbocycles. The van der Waals surface area contributed by atoms with Gasteiger partial charge in [0.15, 0.2) is 0 Å². The largest absolute Gasteiger partial charge is 0.490 e. The molecule has 1 aliphatic carbocycles. The number of ether oxygens (including phenoxy) is 1. The Kier molecular flexibility index (Phi) is 6.85. The van der Waals surface area contributed by atoms with Gasteiger partial charge in [-0.2, -0.15) is 0 Å². The third-order valence-corrected chi connectivity index (χ3v) is 5.03. The van der Waals surface area contributed by atoms with Crippen molar-refractivity contribution in [3.63, 3.8) is 0 Å². The molecule has 0 saturated heterocycles. The van der Waals surface area contributed by atoms with Crippen LogP contribution in [0.25, 0.3) is 0 Å². The summed E-state index contributed by atoms with van der Waals surface area (Å²) in [5.74, 6) is -0.287. The first kappa shape index (κ1) is 19.3. The van der Waals surface area contributed by atoms with E-state index in [2.05, 4.69) is 12.2 Å². The summed E-state index contributed by atoms with van der Waals surface area (Å²) in [5.41, 5.74) is 2.10. The van der Waals surface area contributed by atoms with Gasteiger partial charge < -0.3 is 15.2 Å². The molecule has 0 radical (unpaired) electrons. The molecule has 0 heterocycles. The SMILES string of the molecule is CCC(C)Oc1cc(C)ccc1CNC(=O)C1CCC(C(=O)O)CC1. The molecule has 1 aromatic rings. The zero-order valence-electron chi connectivity index (χ0n) is 15.4. The Hall–Kier alpha value is -2.04. The Balaban J connectivity index is 1.92. The number of amides is 1. The summed E-state index contributed by atoms with van der Waals surface area (Å²) >= 11 is 0. The molecule has 0 spiro atoms. The average Bonchev–Trinajstić information content (AvgIpc) is 2.60. The van der Waals surface area contributed by atoms with Crippen molar-refractivity contribution in [2.24, 2.45) is 11.8 Å². The summed E-state index contributed by atoms with van der Waals surface area (Å²) in [5, 5.41) is 12.0. The lowest BCUT2D eigenvalue weighted by Crippen LogP contribution is -2.34. The number of aliphatic carboxylic acids is 1. The van der Waals surface area contributed by atoms with E-state index in [-0.39, 0.29) is 23.8 Å². The van der Waals surface area contributed by atoms with Crippen LogP contribution in [0.3, 0.4) is 0 Å². The van der Waals surface area contributed by atoms with Gasteiger partial charge in [0.2, 0.25) is 5.91 Å². The van der Waals surface area contributed by atoms with Crippen LogP contribution in [0, 0.1) is 18.8 Å². The van der Waals surface area contributed by atoms with Gasteiger partial charge in [-0.1, -0.05) is 19.1 Å². The zero-order chi connectivity index (χ0) is 18.4. The third-order valence-electron chi connectivity index (χ3n) is 5.03. The van der Waals surface area contributed by atoms with E-state index in [1.165, 1.54) is 0 Å². The second kappa shape index (κ2) is 8.88. The van der Waals surface area contributed by atoms with Crippen molar-refractivity contribution < 1.29 is 19.4 Å². The highest BCUT2D eigenvalue weighted by molar-refractivity contribution is 5.79. The maximum atomic E-state index is 12.4. The highest BCUT2D eigenvalue weighted by Gasteiger charge is 2.29. The van der Waals surface area contributed by atoms with E-state index < -0.39 is 5.97 Å². The number of hydrogen-bond acceptors (Lipinski definition) is 3. The van der Waals surface area contributed by atoms with Gasteiger partial charge in [0, 0.05) is 18.0 Å². The molecular formula is C20H29NO4. The van der Waals surface area contributed by atoms with Gasteiger partial charge in [0.05, 0.1) is 12.0 Å². The minimum absolute atomic E-state index is 0.0129. The van der Waals surface area contributed by atoms with Crippen molar-refractivity contribution in [1.82, 2.24) is 5.32 Å². The molecule has 1 aliphatic rings. The highest BCUT2D eigenvalue weighted by Crippen LogP contribution is 2.29. The van der Waals surface area contributed by atoms with Crippen LogP contribution in [0.15, 0.2) is 18.2 Å². The first-order valence-corrected chi connectivity index (χ1v) is 9.17. The quantitative estimate of drug-likeness (QED) is 0.789.